The topological polar surface area (TPSA) is 51.6 Å². The van der Waals surface area contributed by atoms with Crippen LogP contribution in [0.5, 0.6) is 0 Å². The molecule has 0 N–H and O–H groups in total. The van der Waals surface area contributed by atoms with E-state index in [0.29, 0.717) is 0 Å². The van der Waals surface area contributed by atoms with Gasteiger partial charge in [0, 0.05) is 36.6 Å². The summed E-state index contributed by atoms with van der Waals surface area (Å²) in [6.45, 7) is 4.19. The number of hydrogen-bond acceptors (Lipinski definition) is 4. The van der Waals surface area contributed by atoms with Gasteiger partial charge in [-0.15, -0.1) is 0 Å². The second-order valence-corrected chi connectivity index (χ2v) is 4.03. The summed E-state index contributed by atoms with van der Waals surface area (Å²) in [6, 6.07) is 3.78. The number of aromatic nitrogens is 4. The van der Waals surface area contributed by atoms with Crippen molar-refractivity contribution < 1.29 is 0 Å². The molecule has 4 nitrogen and oxygen atoms in total. The number of nitrogens with zero attached hydrogens (tertiary/aromatic N) is 4. The van der Waals surface area contributed by atoms with Crippen LogP contribution in [0.4, 0.5) is 0 Å². The summed E-state index contributed by atoms with van der Waals surface area (Å²) in [5.74, 6) is 1.95. The maximum atomic E-state index is 4.49. The molecule has 0 bridgehead atoms. The minimum atomic E-state index is 0.239. The van der Waals surface area contributed by atoms with Gasteiger partial charge in [0.05, 0.1) is 0 Å². The van der Waals surface area contributed by atoms with Crippen LogP contribution in [-0.2, 0) is 12.8 Å². The van der Waals surface area contributed by atoms with Gasteiger partial charge in [0.15, 0.2) is 0 Å². The van der Waals surface area contributed by atoms with Gasteiger partial charge in [-0.3, -0.25) is 0 Å². The smallest absolute Gasteiger partial charge is 0.131 e. The summed E-state index contributed by atoms with van der Waals surface area (Å²) in [4.78, 5) is 17.3. The lowest BCUT2D eigenvalue weighted by atomic mass is 10.1. The molecular weight excluding hydrogens is 212 g/mol. The van der Waals surface area contributed by atoms with E-state index in [0.717, 1.165) is 30.2 Å². The molecule has 0 fully saturated rings. The van der Waals surface area contributed by atoms with Crippen molar-refractivity contribution in [2.24, 2.45) is 0 Å². The third-order valence-electron chi connectivity index (χ3n) is 2.64. The summed E-state index contributed by atoms with van der Waals surface area (Å²) in [5, 5.41) is 0. The minimum absolute atomic E-state index is 0.239. The van der Waals surface area contributed by atoms with E-state index in [2.05, 4.69) is 33.8 Å². The lowest BCUT2D eigenvalue weighted by Gasteiger charge is -2.08. The lowest BCUT2D eigenvalue weighted by Crippen LogP contribution is -2.07. The minimum Gasteiger partial charge on any atom is -0.241 e. The molecule has 4 heteroatoms. The van der Waals surface area contributed by atoms with Crippen LogP contribution >= 0.6 is 0 Å². The van der Waals surface area contributed by atoms with E-state index in [1.165, 1.54) is 0 Å². The van der Waals surface area contributed by atoms with Gasteiger partial charge in [0.25, 0.3) is 0 Å². The predicted molar refractivity (Wildman–Crippen MR) is 65.6 cm³/mol. The highest BCUT2D eigenvalue weighted by molar-refractivity contribution is 5.05. The number of rotatable bonds is 4. The predicted octanol–water partition coefficient (Wildman–Crippen LogP) is 2.18. The number of aryl methyl sites for hydroxylation is 1. The molecule has 0 aliphatic rings. The molecule has 0 aliphatic heterocycles. The van der Waals surface area contributed by atoms with Gasteiger partial charge in [-0.2, -0.15) is 0 Å². The summed E-state index contributed by atoms with van der Waals surface area (Å²) in [7, 11) is 0. The van der Waals surface area contributed by atoms with Crippen molar-refractivity contribution in [1.29, 1.82) is 0 Å². The van der Waals surface area contributed by atoms with E-state index < -0.39 is 0 Å². The molecule has 0 amide bonds. The molecule has 2 heterocycles. The van der Waals surface area contributed by atoms with Crippen molar-refractivity contribution in [3.05, 3.63) is 48.1 Å². The SMILES string of the molecule is CCc1ccnc(CC(C)c2ncccn2)n1. The van der Waals surface area contributed by atoms with Gasteiger partial charge in [0.1, 0.15) is 11.6 Å². The quantitative estimate of drug-likeness (QED) is 0.804. The molecule has 0 radical (unpaired) electrons. The van der Waals surface area contributed by atoms with Crippen LogP contribution in [0.15, 0.2) is 30.7 Å². The van der Waals surface area contributed by atoms with Gasteiger partial charge in [0.2, 0.25) is 0 Å². The van der Waals surface area contributed by atoms with E-state index in [9.17, 15) is 0 Å². The Morgan fingerprint density at radius 2 is 1.88 bits per heavy atom. The first-order valence-electron chi connectivity index (χ1n) is 5.87. The molecule has 2 rings (SSSR count). The standard InChI is InChI=1S/C13H16N4/c1-3-11-5-8-14-12(17-11)9-10(2)13-15-6-4-7-16-13/h4-8,10H,3,9H2,1-2H3. The molecular formula is C13H16N4. The Labute approximate surface area is 101 Å². The van der Waals surface area contributed by atoms with Crippen LogP contribution in [0.1, 0.15) is 37.1 Å². The van der Waals surface area contributed by atoms with Crippen LogP contribution in [0, 0.1) is 0 Å². The van der Waals surface area contributed by atoms with Crippen LogP contribution in [0.3, 0.4) is 0 Å². The van der Waals surface area contributed by atoms with Gasteiger partial charge in [-0.1, -0.05) is 13.8 Å². The fourth-order valence-electron chi connectivity index (χ4n) is 1.67. The summed E-state index contributed by atoms with van der Waals surface area (Å²) >= 11 is 0. The lowest BCUT2D eigenvalue weighted by molar-refractivity contribution is 0.665. The van der Waals surface area contributed by atoms with Crippen LogP contribution in [0.2, 0.25) is 0 Å². The fraction of sp³-hybridized carbons (Fsp3) is 0.385. The maximum absolute atomic E-state index is 4.49. The molecule has 0 spiro atoms. The Hall–Kier alpha value is -1.84. The summed E-state index contributed by atoms with van der Waals surface area (Å²) < 4.78 is 0. The van der Waals surface area contributed by atoms with Gasteiger partial charge >= 0.3 is 0 Å². The van der Waals surface area contributed by atoms with Crippen LogP contribution < -0.4 is 0 Å². The van der Waals surface area contributed by atoms with E-state index in [1.54, 1.807) is 12.4 Å². The van der Waals surface area contributed by atoms with E-state index >= 15 is 0 Å². The fourth-order valence-corrected chi connectivity index (χ4v) is 1.67. The second-order valence-electron chi connectivity index (χ2n) is 4.03. The monoisotopic (exact) mass is 228 g/mol. The zero-order valence-corrected chi connectivity index (χ0v) is 10.2. The van der Waals surface area contributed by atoms with E-state index in [-0.39, 0.29) is 5.92 Å². The Kier molecular flexibility index (Phi) is 3.75. The third kappa shape index (κ3) is 3.06. The highest BCUT2D eigenvalue weighted by Crippen LogP contribution is 2.14. The molecule has 1 atom stereocenters. The molecule has 2 aromatic heterocycles. The van der Waals surface area contributed by atoms with Crippen molar-refractivity contribution in [3.8, 4) is 0 Å². The molecule has 0 aliphatic carbocycles. The molecule has 0 saturated carbocycles. The van der Waals surface area contributed by atoms with Crippen molar-refractivity contribution in [2.75, 3.05) is 0 Å². The van der Waals surface area contributed by atoms with Gasteiger partial charge in [-0.05, 0) is 18.6 Å². The Balaban J connectivity index is 2.10. The van der Waals surface area contributed by atoms with Gasteiger partial charge in [-0.25, -0.2) is 19.9 Å². The molecule has 0 aromatic carbocycles. The first-order chi connectivity index (χ1) is 8.29. The maximum Gasteiger partial charge on any atom is 0.131 e. The first kappa shape index (κ1) is 11.6. The Bertz CT molecular complexity index is 470. The zero-order valence-electron chi connectivity index (χ0n) is 10.2. The highest BCUT2D eigenvalue weighted by atomic mass is 14.9. The van der Waals surface area contributed by atoms with E-state index in [4.69, 9.17) is 0 Å². The van der Waals surface area contributed by atoms with Crippen LogP contribution in [0.25, 0.3) is 0 Å². The second kappa shape index (κ2) is 5.48. The van der Waals surface area contributed by atoms with Crippen molar-refractivity contribution in [3.63, 3.8) is 0 Å². The largest absolute Gasteiger partial charge is 0.241 e. The van der Waals surface area contributed by atoms with Crippen molar-refractivity contribution in [2.45, 2.75) is 32.6 Å². The Morgan fingerprint density at radius 3 is 2.59 bits per heavy atom. The first-order valence-corrected chi connectivity index (χ1v) is 5.87. The van der Waals surface area contributed by atoms with Crippen LogP contribution in [-0.4, -0.2) is 19.9 Å². The zero-order chi connectivity index (χ0) is 12.1. The molecule has 88 valence electrons. The van der Waals surface area contributed by atoms with E-state index in [1.807, 2.05) is 18.3 Å². The average Bonchev–Trinajstić information content (AvgIpc) is 2.40. The third-order valence-corrected chi connectivity index (χ3v) is 2.64. The van der Waals surface area contributed by atoms with Gasteiger partial charge < -0.3 is 0 Å². The highest BCUT2D eigenvalue weighted by Gasteiger charge is 2.10. The average molecular weight is 228 g/mol. The number of hydrogen-bond donors (Lipinski definition) is 0. The molecule has 0 saturated heterocycles. The molecule has 2 aromatic rings. The molecule has 17 heavy (non-hydrogen) atoms. The normalized spacial score (nSPS) is 12.4. The summed E-state index contributed by atoms with van der Waals surface area (Å²) in [6.07, 6.45) is 7.06. The Morgan fingerprint density at radius 1 is 1.12 bits per heavy atom. The van der Waals surface area contributed by atoms with Crippen molar-refractivity contribution in [1.82, 2.24) is 19.9 Å². The summed E-state index contributed by atoms with van der Waals surface area (Å²) in [5.41, 5.74) is 1.08. The molecule has 1 unspecified atom stereocenters. The van der Waals surface area contributed by atoms with Crippen molar-refractivity contribution >= 4 is 0 Å².